The molecule has 2 aromatic carbocycles. The van der Waals surface area contributed by atoms with Crippen molar-refractivity contribution in [3.8, 4) is 0 Å². The number of carbonyl (C=O) groups is 1. The summed E-state index contributed by atoms with van der Waals surface area (Å²) in [5.74, 6) is 0.377. The first kappa shape index (κ1) is 18.7. The predicted octanol–water partition coefficient (Wildman–Crippen LogP) is 4.04. The molecule has 1 saturated heterocycles. The second-order valence-corrected chi connectivity index (χ2v) is 7.39. The number of nitrogens with one attached hydrogen (secondary N) is 1. The standard InChI is InChI=1S/C23H30N2O/c1-19(12-13-20-8-4-2-5-9-20)25-16-14-22(15-17-25)23(26)24-18-21-10-6-3-7-11-21/h2-11,19,22H,12-18H2,1H3,(H,24,26)/t19-/m0/s1. The van der Waals surface area contributed by atoms with Crippen LogP contribution in [-0.4, -0.2) is 29.9 Å². The lowest BCUT2D eigenvalue weighted by Crippen LogP contribution is -2.44. The van der Waals surface area contributed by atoms with Crippen molar-refractivity contribution in [3.63, 3.8) is 0 Å². The summed E-state index contributed by atoms with van der Waals surface area (Å²) in [5, 5.41) is 3.10. The summed E-state index contributed by atoms with van der Waals surface area (Å²) in [6, 6.07) is 21.4. The number of likely N-dealkylation sites (tertiary alicyclic amines) is 1. The first-order valence-corrected chi connectivity index (χ1v) is 9.82. The van der Waals surface area contributed by atoms with Crippen LogP contribution < -0.4 is 5.32 Å². The molecule has 0 saturated carbocycles. The van der Waals surface area contributed by atoms with Crippen molar-refractivity contribution in [1.82, 2.24) is 10.2 Å². The molecule has 0 aromatic heterocycles. The molecule has 1 aliphatic heterocycles. The van der Waals surface area contributed by atoms with Crippen LogP contribution in [0.15, 0.2) is 60.7 Å². The fourth-order valence-corrected chi connectivity index (χ4v) is 3.73. The van der Waals surface area contributed by atoms with E-state index in [1.807, 2.05) is 18.2 Å². The van der Waals surface area contributed by atoms with Crippen LogP contribution in [0.1, 0.15) is 37.3 Å². The fourth-order valence-electron chi connectivity index (χ4n) is 3.73. The molecule has 0 unspecified atom stereocenters. The monoisotopic (exact) mass is 350 g/mol. The van der Waals surface area contributed by atoms with E-state index in [0.717, 1.165) is 37.9 Å². The Bertz CT molecular complexity index is 663. The molecule has 0 spiro atoms. The molecule has 138 valence electrons. The van der Waals surface area contributed by atoms with Gasteiger partial charge in [0.2, 0.25) is 5.91 Å². The SMILES string of the molecule is C[C@@H](CCc1ccccc1)N1CCC(C(=O)NCc2ccccc2)CC1. The lowest BCUT2D eigenvalue weighted by Gasteiger charge is -2.35. The molecule has 2 aromatic rings. The predicted molar refractivity (Wildman–Crippen MR) is 107 cm³/mol. The van der Waals surface area contributed by atoms with E-state index in [1.165, 1.54) is 12.0 Å². The molecule has 1 fully saturated rings. The van der Waals surface area contributed by atoms with E-state index in [9.17, 15) is 4.79 Å². The largest absolute Gasteiger partial charge is 0.352 e. The van der Waals surface area contributed by atoms with Crippen LogP contribution >= 0.6 is 0 Å². The van der Waals surface area contributed by atoms with Gasteiger partial charge in [0.15, 0.2) is 0 Å². The smallest absolute Gasteiger partial charge is 0.223 e. The summed E-state index contributed by atoms with van der Waals surface area (Å²) in [6.07, 6.45) is 4.24. The van der Waals surface area contributed by atoms with Crippen LogP contribution in [0.3, 0.4) is 0 Å². The van der Waals surface area contributed by atoms with Crippen LogP contribution in [0.4, 0.5) is 0 Å². The highest BCUT2D eigenvalue weighted by molar-refractivity contribution is 5.78. The number of benzene rings is 2. The van der Waals surface area contributed by atoms with E-state index >= 15 is 0 Å². The summed E-state index contributed by atoms with van der Waals surface area (Å²) >= 11 is 0. The van der Waals surface area contributed by atoms with Crippen molar-refractivity contribution in [2.24, 2.45) is 5.92 Å². The zero-order chi connectivity index (χ0) is 18.2. The Hall–Kier alpha value is -2.13. The maximum absolute atomic E-state index is 12.4. The van der Waals surface area contributed by atoms with Gasteiger partial charge in [-0.3, -0.25) is 4.79 Å². The first-order chi connectivity index (χ1) is 12.7. The lowest BCUT2D eigenvalue weighted by atomic mass is 9.94. The van der Waals surface area contributed by atoms with Crippen molar-refractivity contribution in [1.29, 1.82) is 0 Å². The van der Waals surface area contributed by atoms with Gasteiger partial charge in [0.1, 0.15) is 0 Å². The molecule has 0 bridgehead atoms. The third-order valence-electron chi connectivity index (χ3n) is 5.53. The van der Waals surface area contributed by atoms with Gasteiger partial charge in [-0.05, 0) is 56.8 Å². The Labute approximate surface area is 157 Å². The molecular weight excluding hydrogens is 320 g/mol. The van der Waals surface area contributed by atoms with E-state index in [-0.39, 0.29) is 11.8 Å². The highest BCUT2D eigenvalue weighted by Gasteiger charge is 2.26. The zero-order valence-corrected chi connectivity index (χ0v) is 15.7. The Kier molecular flexibility index (Phi) is 6.84. The summed E-state index contributed by atoms with van der Waals surface area (Å²) in [5.41, 5.74) is 2.57. The lowest BCUT2D eigenvalue weighted by molar-refractivity contribution is -0.126. The average molecular weight is 351 g/mol. The molecule has 26 heavy (non-hydrogen) atoms. The van der Waals surface area contributed by atoms with Crippen molar-refractivity contribution < 1.29 is 4.79 Å². The van der Waals surface area contributed by atoms with Gasteiger partial charge in [-0.25, -0.2) is 0 Å². The Morgan fingerprint density at radius 1 is 1.00 bits per heavy atom. The highest BCUT2D eigenvalue weighted by Crippen LogP contribution is 2.21. The number of piperidine rings is 1. The van der Waals surface area contributed by atoms with Gasteiger partial charge < -0.3 is 10.2 Å². The molecule has 3 nitrogen and oxygen atoms in total. The second-order valence-electron chi connectivity index (χ2n) is 7.39. The summed E-state index contributed by atoms with van der Waals surface area (Å²) in [4.78, 5) is 15.0. The van der Waals surface area contributed by atoms with Gasteiger partial charge in [-0.2, -0.15) is 0 Å². The molecule has 1 atom stereocenters. The minimum Gasteiger partial charge on any atom is -0.352 e. The topological polar surface area (TPSA) is 32.3 Å². The second kappa shape index (κ2) is 9.54. The minimum absolute atomic E-state index is 0.163. The van der Waals surface area contributed by atoms with Crippen molar-refractivity contribution >= 4 is 5.91 Å². The number of nitrogens with zero attached hydrogens (tertiary/aromatic N) is 1. The number of hydrogen-bond donors (Lipinski definition) is 1. The number of amides is 1. The van der Waals surface area contributed by atoms with E-state index in [0.29, 0.717) is 12.6 Å². The summed E-state index contributed by atoms with van der Waals surface area (Å²) < 4.78 is 0. The molecule has 0 radical (unpaired) electrons. The van der Waals surface area contributed by atoms with Gasteiger partial charge in [-0.15, -0.1) is 0 Å². The normalized spacial score (nSPS) is 17.0. The number of aryl methyl sites for hydroxylation is 1. The van der Waals surface area contributed by atoms with Gasteiger partial charge in [0.25, 0.3) is 0 Å². The third-order valence-corrected chi connectivity index (χ3v) is 5.53. The van der Waals surface area contributed by atoms with Crippen LogP contribution in [0.25, 0.3) is 0 Å². The van der Waals surface area contributed by atoms with Crippen LogP contribution in [-0.2, 0) is 17.8 Å². The first-order valence-electron chi connectivity index (χ1n) is 9.82. The fraction of sp³-hybridized carbons (Fsp3) is 0.435. The van der Waals surface area contributed by atoms with E-state index < -0.39 is 0 Å². The quantitative estimate of drug-likeness (QED) is 0.817. The van der Waals surface area contributed by atoms with Crippen LogP contribution in [0, 0.1) is 5.92 Å². The molecule has 1 N–H and O–H groups in total. The maximum atomic E-state index is 12.4. The molecule has 1 amide bonds. The third kappa shape index (κ3) is 5.43. The van der Waals surface area contributed by atoms with Gasteiger partial charge in [0, 0.05) is 18.5 Å². The van der Waals surface area contributed by atoms with Crippen LogP contribution in [0.2, 0.25) is 0 Å². The average Bonchev–Trinajstić information content (AvgIpc) is 2.72. The summed E-state index contributed by atoms with van der Waals surface area (Å²) in [6.45, 7) is 5.00. The van der Waals surface area contributed by atoms with Crippen molar-refractivity contribution in [2.45, 2.75) is 45.2 Å². The van der Waals surface area contributed by atoms with Crippen molar-refractivity contribution in [2.75, 3.05) is 13.1 Å². The van der Waals surface area contributed by atoms with E-state index in [2.05, 4.69) is 59.6 Å². The minimum atomic E-state index is 0.163. The number of carbonyl (C=O) groups excluding carboxylic acids is 1. The molecule has 1 heterocycles. The maximum Gasteiger partial charge on any atom is 0.223 e. The molecule has 3 heteroatoms. The van der Waals surface area contributed by atoms with E-state index in [1.54, 1.807) is 0 Å². The van der Waals surface area contributed by atoms with Gasteiger partial charge >= 0.3 is 0 Å². The molecule has 3 rings (SSSR count). The van der Waals surface area contributed by atoms with Gasteiger partial charge in [0.05, 0.1) is 0 Å². The van der Waals surface area contributed by atoms with Crippen LogP contribution in [0.5, 0.6) is 0 Å². The molecule has 0 aliphatic carbocycles. The Morgan fingerprint density at radius 2 is 1.58 bits per heavy atom. The molecule has 1 aliphatic rings. The van der Waals surface area contributed by atoms with Crippen molar-refractivity contribution in [3.05, 3.63) is 71.8 Å². The van der Waals surface area contributed by atoms with E-state index in [4.69, 9.17) is 0 Å². The zero-order valence-electron chi connectivity index (χ0n) is 15.7. The highest BCUT2D eigenvalue weighted by atomic mass is 16.1. The number of rotatable bonds is 7. The Balaban J connectivity index is 1.38. The molecular formula is C23H30N2O. The van der Waals surface area contributed by atoms with Gasteiger partial charge in [-0.1, -0.05) is 60.7 Å². The Morgan fingerprint density at radius 3 is 2.19 bits per heavy atom. The summed E-state index contributed by atoms with van der Waals surface area (Å²) in [7, 11) is 0. The number of hydrogen-bond acceptors (Lipinski definition) is 2.